The molecule has 0 aliphatic rings. The highest BCUT2D eigenvalue weighted by atomic mass is 35.5. The van der Waals surface area contributed by atoms with Crippen LogP contribution in [-0.4, -0.2) is 17.0 Å². The lowest BCUT2D eigenvalue weighted by Crippen LogP contribution is -2.28. The van der Waals surface area contributed by atoms with Gasteiger partial charge in [-0.2, -0.15) is 0 Å². The summed E-state index contributed by atoms with van der Waals surface area (Å²) in [5.74, 6) is -1.49. The van der Waals surface area contributed by atoms with Crippen LogP contribution < -0.4 is 5.32 Å². The molecule has 1 atom stereocenters. The van der Waals surface area contributed by atoms with Crippen molar-refractivity contribution in [2.45, 2.75) is 26.8 Å². The summed E-state index contributed by atoms with van der Waals surface area (Å²) in [4.78, 5) is 22.7. The summed E-state index contributed by atoms with van der Waals surface area (Å²) in [6, 6.07) is 6.91. The van der Waals surface area contributed by atoms with Crippen molar-refractivity contribution in [2.75, 3.05) is 0 Å². The molecule has 5 heteroatoms. The minimum absolute atomic E-state index is 0.0378. The van der Waals surface area contributed by atoms with E-state index in [0.717, 1.165) is 5.56 Å². The van der Waals surface area contributed by atoms with Crippen molar-refractivity contribution in [3.8, 4) is 0 Å². The molecule has 19 heavy (non-hydrogen) atoms. The van der Waals surface area contributed by atoms with Crippen molar-refractivity contribution in [1.29, 1.82) is 0 Å². The van der Waals surface area contributed by atoms with E-state index in [9.17, 15) is 9.59 Å². The molecule has 0 fully saturated rings. The lowest BCUT2D eigenvalue weighted by molar-refractivity contribution is -0.133. The Morgan fingerprint density at radius 2 is 1.89 bits per heavy atom. The van der Waals surface area contributed by atoms with Crippen LogP contribution in [0.25, 0.3) is 0 Å². The number of aliphatic carboxylic acids is 1. The van der Waals surface area contributed by atoms with Crippen molar-refractivity contribution in [3.63, 3.8) is 0 Å². The minimum Gasteiger partial charge on any atom is -0.478 e. The smallest absolute Gasteiger partial charge is 0.331 e. The summed E-state index contributed by atoms with van der Waals surface area (Å²) < 4.78 is 0. The molecule has 0 radical (unpaired) electrons. The predicted octanol–water partition coefficient (Wildman–Crippen LogP) is 2.94. The van der Waals surface area contributed by atoms with Crippen LogP contribution in [0, 0.1) is 0 Å². The molecular weight excluding hydrogens is 266 g/mol. The summed E-state index contributed by atoms with van der Waals surface area (Å²) in [5, 5.41) is 12.2. The van der Waals surface area contributed by atoms with E-state index in [1.165, 1.54) is 13.8 Å². The fourth-order valence-electron chi connectivity index (χ4n) is 1.49. The molecule has 2 N–H and O–H groups in total. The van der Waals surface area contributed by atoms with E-state index in [-0.39, 0.29) is 17.2 Å². The van der Waals surface area contributed by atoms with Crippen molar-refractivity contribution < 1.29 is 14.7 Å². The Balaban J connectivity index is 2.83. The number of hydrogen-bond donors (Lipinski definition) is 2. The van der Waals surface area contributed by atoms with Crippen LogP contribution in [-0.2, 0) is 9.59 Å². The monoisotopic (exact) mass is 281 g/mol. The van der Waals surface area contributed by atoms with Crippen LogP contribution in [0.5, 0.6) is 0 Å². The lowest BCUT2D eigenvalue weighted by Gasteiger charge is -2.15. The van der Waals surface area contributed by atoms with Crippen molar-refractivity contribution in [2.24, 2.45) is 0 Å². The molecule has 0 bridgehead atoms. The van der Waals surface area contributed by atoms with E-state index in [1.807, 2.05) is 13.0 Å². The molecule has 1 amide bonds. The van der Waals surface area contributed by atoms with Crippen LogP contribution in [0.4, 0.5) is 0 Å². The van der Waals surface area contributed by atoms with Gasteiger partial charge < -0.3 is 10.4 Å². The largest absolute Gasteiger partial charge is 0.478 e. The third kappa shape index (κ3) is 4.10. The van der Waals surface area contributed by atoms with Crippen LogP contribution in [0.3, 0.4) is 0 Å². The van der Waals surface area contributed by atoms with Crippen LogP contribution in [0.1, 0.15) is 32.4 Å². The van der Waals surface area contributed by atoms with Gasteiger partial charge >= 0.3 is 5.97 Å². The first-order chi connectivity index (χ1) is 8.82. The fraction of sp³-hybridized carbons (Fsp3) is 0.286. The van der Waals surface area contributed by atoms with Gasteiger partial charge in [0, 0.05) is 16.2 Å². The molecular formula is C14H16ClNO3. The zero-order chi connectivity index (χ0) is 14.6. The topological polar surface area (TPSA) is 66.4 Å². The van der Waals surface area contributed by atoms with Gasteiger partial charge in [0.2, 0.25) is 5.91 Å². The van der Waals surface area contributed by atoms with Crippen LogP contribution >= 0.6 is 11.6 Å². The highest BCUT2D eigenvalue weighted by Crippen LogP contribution is 2.18. The van der Waals surface area contributed by atoms with E-state index in [0.29, 0.717) is 5.02 Å². The Hall–Kier alpha value is -1.81. The highest BCUT2D eigenvalue weighted by molar-refractivity contribution is 6.30. The Kier molecular flexibility index (Phi) is 5.12. The Morgan fingerprint density at radius 1 is 1.26 bits per heavy atom. The number of carbonyl (C=O) groups excluding carboxylic acids is 1. The lowest BCUT2D eigenvalue weighted by atomic mass is 10.1. The van der Waals surface area contributed by atoms with Gasteiger partial charge in [-0.05, 0) is 38.5 Å². The maximum Gasteiger partial charge on any atom is 0.331 e. The van der Waals surface area contributed by atoms with Gasteiger partial charge in [0.15, 0.2) is 0 Å². The van der Waals surface area contributed by atoms with Gasteiger partial charge in [0.25, 0.3) is 0 Å². The number of carbonyl (C=O) groups is 2. The van der Waals surface area contributed by atoms with E-state index >= 15 is 0 Å². The molecule has 102 valence electrons. The maximum atomic E-state index is 11.9. The van der Waals surface area contributed by atoms with Gasteiger partial charge in [-0.3, -0.25) is 4.79 Å². The van der Waals surface area contributed by atoms with E-state index < -0.39 is 11.9 Å². The van der Waals surface area contributed by atoms with E-state index in [2.05, 4.69) is 5.32 Å². The van der Waals surface area contributed by atoms with Crippen LogP contribution in [0.15, 0.2) is 35.4 Å². The number of rotatable bonds is 4. The number of halogens is 1. The summed E-state index contributed by atoms with van der Waals surface area (Å²) in [5.41, 5.74) is 1.10. The van der Waals surface area contributed by atoms with Gasteiger partial charge in [0.1, 0.15) is 0 Å². The molecule has 1 aromatic rings. The van der Waals surface area contributed by atoms with Crippen LogP contribution in [0.2, 0.25) is 5.02 Å². The van der Waals surface area contributed by atoms with Crippen molar-refractivity contribution >= 4 is 23.5 Å². The number of carboxylic acids is 1. The van der Waals surface area contributed by atoms with E-state index in [1.54, 1.807) is 18.2 Å². The molecule has 0 aromatic heterocycles. The third-order valence-electron chi connectivity index (χ3n) is 2.92. The molecule has 0 saturated carbocycles. The minimum atomic E-state index is -1.09. The standard InChI is InChI=1S/C14H16ClNO3/c1-8(9(2)14(18)19)13(17)16-10(3)11-5-4-6-12(15)7-11/h4-7,10H,1-3H3,(H,16,17)(H,18,19)/b9-8-/t10-/m1/s1. The third-order valence-corrected chi connectivity index (χ3v) is 3.16. The maximum absolute atomic E-state index is 11.9. The SMILES string of the molecule is C/C(C(=O)O)=C(\C)C(=O)N[C@H](C)c1cccc(Cl)c1. The zero-order valence-electron chi connectivity index (χ0n) is 11.0. The van der Waals surface area contributed by atoms with Crippen molar-refractivity contribution in [1.82, 2.24) is 5.32 Å². The molecule has 0 heterocycles. The average molecular weight is 282 g/mol. The number of nitrogens with one attached hydrogen (secondary N) is 1. The molecule has 0 spiro atoms. The van der Waals surface area contributed by atoms with Gasteiger partial charge in [-0.1, -0.05) is 23.7 Å². The van der Waals surface area contributed by atoms with Gasteiger partial charge in [0.05, 0.1) is 6.04 Å². The number of carboxylic acid groups (broad SMARTS) is 1. The number of amides is 1. The summed E-state index contributed by atoms with van der Waals surface area (Å²) in [6.45, 7) is 4.71. The summed E-state index contributed by atoms with van der Waals surface area (Å²) in [7, 11) is 0. The Labute approximate surface area is 117 Å². The molecule has 0 saturated heterocycles. The van der Waals surface area contributed by atoms with Gasteiger partial charge in [-0.15, -0.1) is 0 Å². The molecule has 0 unspecified atom stereocenters. The molecule has 1 rings (SSSR count). The zero-order valence-corrected chi connectivity index (χ0v) is 11.8. The highest BCUT2D eigenvalue weighted by Gasteiger charge is 2.15. The first-order valence-electron chi connectivity index (χ1n) is 5.80. The average Bonchev–Trinajstić information content (AvgIpc) is 2.36. The predicted molar refractivity (Wildman–Crippen MR) is 74.0 cm³/mol. The first-order valence-corrected chi connectivity index (χ1v) is 6.17. The first kappa shape index (κ1) is 15.2. The molecule has 1 aromatic carbocycles. The second kappa shape index (κ2) is 6.38. The summed E-state index contributed by atoms with van der Waals surface area (Å²) >= 11 is 5.88. The van der Waals surface area contributed by atoms with Crippen molar-refractivity contribution in [3.05, 3.63) is 46.0 Å². The normalized spacial score (nSPS) is 13.5. The van der Waals surface area contributed by atoms with E-state index in [4.69, 9.17) is 16.7 Å². The quantitative estimate of drug-likeness (QED) is 0.834. The van der Waals surface area contributed by atoms with Gasteiger partial charge in [-0.25, -0.2) is 4.79 Å². The molecule has 0 aliphatic carbocycles. The molecule has 4 nitrogen and oxygen atoms in total. The number of benzene rings is 1. The summed E-state index contributed by atoms with van der Waals surface area (Å²) in [6.07, 6.45) is 0. The Morgan fingerprint density at radius 3 is 2.42 bits per heavy atom. The second-order valence-corrected chi connectivity index (χ2v) is 4.74. The second-order valence-electron chi connectivity index (χ2n) is 4.31. The Bertz CT molecular complexity index is 537. The number of hydrogen-bond acceptors (Lipinski definition) is 2. The molecule has 0 aliphatic heterocycles. The fourth-order valence-corrected chi connectivity index (χ4v) is 1.69.